The Labute approximate surface area is 123 Å². The fraction of sp³-hybridized carbons (Fsp3) is 0.824. The van der Waals surface area contributed by atoms with Gasteiger partial charge in [-0.2, -0.15) is 0 Å². The summed E-state index contributed by atoms with van der Waals surface area (Å²) in [5.74, 6) is 2.56. The van der Waals surface area contributed by atoms with Crippen LogP contribution in [0.25, 0.3) is 0 Å². The predicted molar refractivity (Wildman–Crippen MR) is 82.6 cm³/mol. The number of hydrogen-bond acceptors (Lipinski definition) is 3. The largest absolute Gasteiger partial charge is 0.361 e. The zero-order valence-corrected chi connectivity index (χ0v) is 13.8. The van der Waals surface area contributed by atoms with E-state index < -0.39 is 0 Å². The first kappa shape index (κ1) is 15.6. The standard InChI is InChI=1S/C17H30N2O/c1-6-17(4,5)13-7-8-16-14(9-13)15(19-20-16)11-18-10-12(2)3/h12-13,18H,6-11H2,1-5H3. The van der Waals surface area contributed by atoms with E-state index in [4.69, 9.17) is 4.52 Å². The van der Waals surface area contributed by atoms with E-state index in [1.807, 2.05) is 0 Å². The molecule has 0 saturated heterocycles. The van der Waals surface area contributed by atoms with Crippen molar-refractivity contribution >= 4 is 0 Å². The molecule has 0 amide bonds. The van der Waals surface area contributed by atoms with Crippen LogP contribution in [0.4, 0.5) is 0 Å². The fourth-order valence-corrected chi connectivity index (χ4v) is 3.04. The molecule has 2 rings (SSSR count). The molecule has 3 heteroatoms. The Morgan fingerprint density at radius 3 is 2.80 bits per heavy atom. The summed E-state index contributed by atoms with van der Waals surface area (Å²) in [6.45, 7) is 13.4. The molecule has 0 bridgehead atoms. The summed E-state index contributed by atoms with van der Waals surface area (Å²) in [6.07, 6.45) is 4.67. The first-order valence-electron chi connectivity index (χ1n) is 8.11. The van der Waals surface area contributed by atoms with Crippen LogP contribution in [0.15, 0.2) is 4.52 Å². The molecule has 0 aromatic carbocycles. The Kier molecular flexibility index (Phi) is 4.90. The van der Waals surface area contributed by atoms with Gasteiger partial charge in [-0.15, -0.1) is 0 Å². The second kappa shape index (κ2) is 6.30. The summed E-state index contributed by atoms with van der Waals surface area (Å²) in [6, 6.07) is 0. The van der Waals surface area contributed by atoms with Crippen LogP contribution >= 0.6 is 0 Å². The van der Waals surface area contributed by atoms with Crippen molar-refractivity contribution in [3.05, 3.63) is 17.0 Å². The van der Waals surface area contributed by atoms with Gasteiger partial charge in [0.25, 0.3) is 0 Å². The van der Waals surface area contributed by atoms with Crippen LogP contribution in [0, 0.1) is 17.3 Å². The smallest absolute Gasteiger partial charge is 0.140 e. The van der Waals surface area contributed by atoms with Crippen LogP contribution in [0.3, 0.4) is 0 Å². The summed E-state index contributed by atoms with van der Waals surface area (Å²) in [7, 11) is 0. The van der Waals surface area contributed by atoms with E-state index in [1.165, 1.54) is 18.4 Å². The molecule has 0 fully saturated rings. The maximum absolute atomic E-state index is 5.55. The van der Waals surface area contributed by atoms with Crippen LogP contribution in [0.2, 0.25) is 0 Å². The maximum atomic E-state index is 5.55. The molecule has 1 aliphatic rings. The first-order chi connectivity index (χ1) is 9.44. The van der Waals surface area contributed by atoms with E-state index in [-0.39, 0.29) is 0 Å². The van der Waals surface area contributed by atoms with Crippen molar-refractivity contribution in [2.24, 2.45) is 17.3 Å². The molecular formula is C17H30N2O. The van der Waals surface area contributed by atoms with Gasteiger partial charge in [-0.05, 0) is 36.6 Å². The molecule has 1 aliphatic carbocycles. The van der Waals surface area contributed by atoms with Gasteiger partial charge in [-0.1, -0.05) is 46.2 Å². The van der Waals surface area contributed by atoms with Crippen molar-refractivity contribution in [2.75, 3.05) is 6.54 Å². The molecular weight excluding hydrogens is 248 g/mol. The number of nitrogens with zero attached hydrogens (tertiary/aromatic N) is 1. The monoisotopic (exact) mass is 278 g/mol. The lowest BCUT2D eigenvalue weighted by molar-refractivity contribution is 0.176. The highest BCUT2D eigenvalue weighted by Gasteiger charge is 2.34. The average Bonchev–Trinajstić information content (AvgIpc) is 2.81. The van der Waals surface area contributed by atoms with E-state index in [1.54, 1.807) is 0 Å². The molecule has 114 valence electrons. The summed E-state index contributed by atoms with van der Waals surface area (Å²) in [5, 5.41) is 7.78. The molecule has 0 radical (unpaired) electrons. The normalized spacial score (nSPS) is 19.4. The van der Waals surface area contributed by atoms with E-state index in [2.05, 4.69) is 45.1 Å². The molecule has 0 aliphatic heterocycles. The van der Waals surface area contributed by atoms with E-state index in [0.717, 1.165) is 43.3 Å². The average molecular weight is 278 g/mol. The number of hydrogen-bond donors (Lipinski definition) is 1. The van der Waals surface area contributed by atoms with Gasteiger partial charge in [-0.3, -0.25) is 0 Å². The molecule has 1 atom stereocenters. The van der Waals surface area contributed by atoms with Crippen molar-refractivity contribution < 1.29 is 4.52 Å². The van der Waals surface area contributed by atoms with Gasteiger partial charge in [0.05, 0.1) is 0 Å². The number of aryl methyl sites for hydroxylation is 1. The maximum Gasteiger partial charge on any atom is 0.140 e. The Hall–Kier alpha value is -0.830. The quantitative estimate of drug-likeness (QED) is 0.856. The van der Waals surface area contributed by atoms with Gasteiger partial charge in [0.1, 0.15) is 11.5 Å². The van der Waals surface area contributed by atoms with Crippen molar-refractivity contribution in [2.45, 2.75) is 66.8 Å². The minimum Gasteiger partial charge on any atom is -0.361 e. The van der Waals surface area contributed by atoms with Crippen molar-refractivity contribution in [3.8, 4) is 0 Å². The highest BCUT2D eigenvalue weighted by Crippen LogP contribution is 2.40. The third kappa shape index (κ3) is 3.43. The lowest BCUT2D eigenvalue weighted by atomic mass is 9.69. The summed E-state index contributed by atoms with van der Waals surface area (Å²) >= 11 is 0. The molecule has 1 aromatic rings. The fourth-order valence-electron chi connectivity index (χ4n) is 3.04. The van der Waals surface area contributed by atoms with Gasteiger partial charge in [0, 0.05) is 18.5 Å². The molecule has 1 heterocycles. The Morgan fingerprint density at radius 2 is 2.15 bits per heavy atom. The van der Waals surface area contributed by atoms with Gasteiger partial charge < -0.3 is 9.84 Å². The zero-order chi connectivity index (χ0) is 14.8. The lowest BCUT2D eigenvalue weighted by Gasteiger charge is -2.35. The van der Waals surface area contributed by atoms with Crippen LogP contribution in [0.1, 0.15) is 64.5 Å². The van der Waals surface area contributed by atoms with E-state index in [9.17, 15) is 0 Å². The zero-order valence-electron chi connectivity index (χ0n) is 13.8. The number of rotatable bonds is 6. The van der Waals surface area contributed by atoms with E-state index >= 15 is 0 Å². The highest BCUT2D eigenvalue weighted by atomic mass is 16.5. The molecule has 0 spiro atoms. The second-order valence-corrected chi connectivity index (χ2v) is 7.34. The first-order valence-corrected chi connectivity index (χ1v) is 8.11. The number of fused-ring (bicyclic) bond motifs is 1. The molecule has 3 nitrogen and oxygen atoms in total. The SMILES string of the molecule is CCC(C)(C)C1CCc2onc(CNCC(C)C)c2C1. The highest BCUT2D eigenvalue weighted by molar-refractivity contribution is 5.26. The van der Waals surface area contributed by atoms with Gasteiger partial charge in [0.15, 0.2) is 0 Å². The van der Waals surface area contributed by atoms with Gasteiger partial charge in [-0.25, -0.2) is 0 Å². The third-order valence-corrected chi connectivity index (χ3v) is 4.98. The molecule has 1 N–H and O–H groups in total. The van der Waals surface area contributed by atoms with Crippen LogP contribution in [-0.2, 0) is 19.4 Å². The van der Waals surface area contributed by atoms with E-state index in [0.29, 0.717) is 11.3 Å². The van der Waals surface area contributed by atoms with Crippen molar-refractivity contribution in [1.29, 1.82) is 0 Å². The minimum atomic E-state index is 0.414. The van der Waals surface area contributed by atoms with Crippen LogP contribution in [-0.4, -0.2) is 11.7 Å². The Bertz CT molecular complexity index is 434. The topological polar surface area (TPSA) is 38.1 Å². The second-order valence-electron chi connectivity index (χ2n) is 7.34. The van der Waals surface area contributed by atoms with Crippen LogP contribution in [0.5, 0.6) is 0 Å². The molecule has 1 unspecified atom stereocenters. The van der Waals surface area contributed by atoms with Gasteiger partial charge >= 0.3 is 0 Å². The molecule has 1 aromatic heterocycles. The summed E-state index contributed by atoms with van der Waals surface area (Å²) in [4.78, 5) is 0. The minimum absolute atomic E-state index is 0.414. The number of aromatic nitrogens is 1. The number of nitrogens with one attached hydrogen (secondary N) is 1. The van der Waals surface area contributed by atoms with Crippen molar-refractivity contribution in [3.63, 3.8) is 0 Å². The van der Waals surface area contributed by atoms with Gasteiger partial charge in [0.2, 0.25) is 0 Å². The van der Waals surface area contributed by atoms with Crippen molar-refractivity contribution in [1.82, 2.24) is 10.5 Å². The third-order valence-electron chi connectivity index (χ3n) is 4.98. The Balaban J connectivity index is 2.04. The Morgan fingerprint density at radius 1 is 1.40 bits per heavy atom. The molecule has 20 heavy (non-hydrogen) atoms. The lowest BCUT2D eigenvalue weighted by Crippen LogP contribution is -2.29. The summed E-state index contributed by atoms with van der Waals surface area (Å²) < 4.78 is 5.55. The molecule has 0 saturated carbocycles. The summed E-state index contributed by atoms with van der Waals surface area (Å²) in [5.41, 5.74) is 2.94. The van der Waals surface area contributed by atoms with Crippen LogP contribution < -0.4 is 5.32 Å². The predicted octanol–water partition coefficient (Wildman–Crippen LogP) is 3.96.